The van der Waals surface area contributed by atoms with Crippen LogP contribution in [-0.2, 0) is 4.79 Å². The van der Waals surface area contributed by atoms with Crippen molar-refractivity contribution in [2.45, 2.75) is 46.1 Å². The number of anilines is 1. The van der Waals surface area contributed by atoms with Gasteiger partial charge in [-0.1, -0.05) is 49.6 Å². The van der Waals surface area contributed by atoms with Crippen molar-refractivity contribution < 1.29 is 14.3 Å². The van der Waals surface area contributed by atoms with E-state index in [-0.39, 0.29) is 5.91 Å². The maximum Gasteiger partial charge on any atom is 0.255 e. The Kier molecular flexibility index (Phi) is 8.11. The van der Waals surface area contributed by atoms with E-state index in [0.29, 0.717) is 34.5 Å². The summed E-state index contributed by atoms with van der Waals surface area (Å²) in [6.45, 7) is 6.59. The van der Waals surface area contributed by atoms with E-state index in [9.17, 15) is 4.79 Å². The summed E-state index contributed by atoms with van der Waals surface area (Å²) >= 11 is 5.41. The van der Waals surface area contributed by atoms with Crippen molar-refractivity contribution in [2.24, 2.45) is 0 Å². The lowest BCUT2D eigenvalue weighted by Crippen LogP contribution is -2.45. The molecule has 1 heterocycles. The van der Waals surface area contributed by atoms with Crippen molar-refractivity contribution in [1.29, 1.82) is 0 Å². The van der Waals surface area contributed by atoms with Crippen molar-refractivity contribution >= 4 is 28.9 Å². The Morgan fingerprint density at radius 2 is 1.88 bits per heavy atom. The zero-order chi connectivity index (χ0) is 23.1. The minimum atomic E-state index is -0.481. The van der Waals surface area contributed by atoms with Crippen molar-refractivity contribution in [3.8, 4) is 11.5 Å². The lowest BCUT2D eigenvalue weighted by atomic mass is 9.93. The molecular weight excluding hydrogens is 422 g/mol. The highest BCUT2D eigenvalue weighted by atomic mass is 32.1. The molecule has 0 saturated carbocycles. The van der Waals surface area contributed by atoms with Crippen LogP contribution in [-0.4, -0.2) is 24.7 Å². The summed E-state index contributed by atoms with van der Waals surface area (Å²) in [6.07, 6.45) is 3.14. The molecule has 6 nitrogen and oxygen atoms in total. The molecule has 3 N–H and O–H groups in total. The topological polar surface area (TPSA) is 71.6 Å². The van der Waals surface area contributed by atoms with Gasteiger partial charge in [-0.05, 0) is 50.7 Å². The first-order chi connectivity index (χ1) is 15.4. The summed E-state index contributed by atoms with van der Waals surface area (Å²) in [5, 5.41) is 9.79. The molecule has 1 aliphatic rings. The van der Waals surface area contributed by atoms with Crippen LogP contribution >= 0.6 is 12.2 Å². The van der Waals surface area contributed by atoms with Gasteiger partial charge >= 0.3 is 0 Å². The van der Waals surface area contributed by atoms with E-state index in [4.69, 9.17) is 21.7 Å². The predicted octanol–water partition coefficient (Wildman–Crippen LogP) is 5.00. The number of allylic oxidation sites excluding steroid dienone is 1. The van der Waals surface area contributed by atoms with Crippen molar-refractivity contribution in [3.05, 3.63) is 64.9 Å². The van der Waals surface area contributed by atoms with Crippen LogP contribution in [0.25, 0.3) is 0 Å². The van der Waals surface area contributed by atoms with Gasteiger partial charge in [-0.15, -0.1) is 0 Å². The van der Waals surface area contributed by atoms with Crippen molar-refractivity contribution in [2.75, 3.05) is 19.0 Å². The predicted molar refractivity (Wildman–Crippen MR) is 132 cm³/mol. The highest BCUT2D eigenvalue weighted by Crippen LogP contribution is 2.39. The molecule has 1 amide bonds. The maximum absolute atomic E-state index is 13.4. The SMILES string of the molecule is CCCCCOc1c(OC)cccc1[C@H]1NC(=S)NC(C)=C1C(=O)Nc1ccc(C)cc1. The molecule has 1 atom stereocenters. The average molecular weight is 454 g/mol. The fourth-order valence-corrected chi connectivity index (χ4v) is 3.94. The lowest BCUT2D eigenvalue weighted by Gasteiger charge is -2.31. The molecule has 0 spiro atoms. The van der Waals surface area contributed by atoms with Gasteiger partial charge in [0, 0.05) is 16.9 Å². The molecular formula is C25H31N3O3S. The molecule has 170 valence electrons. The fraction of sp³-hybridized carbons (Fsp3) is 0.360. The Hall–Kier alpha value is -3.06. The van der Waals surface area contributed by atoms with Crippen LogP contribution in [0.3, 0.4) is 0 Å². The third kappa shape index (κ3) is 5.59. The second-order valence-corrected chi connectivity index (χ2v) is 8.23. The van der Waals surface area contributed by atoms with E-state index in [1.807, 2.05) is 56.3 Å². The van der Waals surface area contributed by atoms with Crippen LogP contribution in [0.1, 0.15) is 50.3 Å². The molecule has 1 aliphatic heterocycles. The van der Waals surface area contributed by atoms with Crippen molar-refractivity contribution in [3.63, 3.8) is 0 Å². The Morgan fingerprint density at radius 1 is 1.12 bits per heavy atom. The normalized spacial score (nSPS) is 15.6. The highest BCUT2D eigenvalue weighted by molar-refractivity contribution is 7.80. The Bertz CT molecular complexity index is 1000. The zero-order valence-electron chi connectivity index (χ0n) is 19.1. The van der Waals surface area contributed by atoms with Gasteiger partial charge < -0.3 is 25.4 Å². The number of carbonyl (C=O) groups excluding carboxylic acids is 1. The molecule has 3 rings (SSSR count). The second-order valence-electron chi connectivity index (χ2n) is 7.82. The molecule has 0 radical (unpaired) electrons. The molecule has 2 aromatic carbocycles. The molecule has 0 fully saturated rings. The average Bonchev–Trinajstić information content (AvgIpc) is 2.77. The van der Waals surface area contributed by atoms with Crippen LogP contribution in [0.5, 0.6) is 11.5 Å². The van der Waals surface area contributed by atoms with Gasteiger partial charge in [0.15, 0.2) is 16.6 Å². The molecule has 0 saturated heterocycles. The largest absolute Gasteiger partial charge is 0.493 e. The number of benzene rings is 2. The van der Waals surface area contributed by atoms with Gasteiger partial charge in [-0.3, -0.25) is 4.79 Å². The number of carbonyl (C=O) groups is 1. The van der Waals surface area contributed by atoms with Gasteiger partial charge in [0.05, 0.1) is 25.3 Å². The van der Waals surface area contributed by atoms with Gasteiger partial charge in [-0.2, -0.15) is 0 Å². The number of rotatable bonds is 9. The third-order valence-electron chi connectivity index (χ3n) is 5.36. The zero-order valence-corrected chi connectivity index (χ0v) is 19.9. The van der Waals surface area contributed by atoms with Gasteiger partial charge in [-0.25, -0.2) is 0 Å². The number of nitrogens with one attached hydrogen (secondary N) is 3. The summed E-state index contributed by atoms with van der Waals surface area (Å²) in [5.41, 5.74) is 3.91. The third-order valence-corrected chi connectivity index (χ3v) is 5.58. The molecule has 32 heavy (non-hydrogen) atoms. The van der Waals surface area contributed by atoms with Crippen LogP contribution in [0.15, 0.2) is 53.7 Å². The first-order valence-corrected chi connectivity index (χ1v) is 11.3. The minimum absolute atomic E-state index is 0.210. The number of amides is 1. The number of methoxy groups -OCH3 is 1. The number of para-hydroxylation sites is 1. The van der Waals surface area contributed by atoms with Crippen LogP contribution in [0, 0.1) is 6.92 Å². The molecule has 7 heteroatoms. The van der Waals surface area contributed by atoms with E-state index in [1.54, 1.807) is 7.11 Å². The maximum atomic E-state index is 13.4. The number of hydrogen-bond acceptors (Lipinski definition) is 4. The monoisotopic (exact) mass is 453 g/mol. The Balaban J connectivity index is 1.96. The number of ether oxygens (including phenoxy) is 2. The quantitative estimate of drug-likeness (QED) is 0.366. The van der Waals surface area contributed by atoms with Crippen LogP contribution < -0.4 is 25.4 Å². The molecule has 0 aliphatic carbocycles. The summed E-state index contributed by atoms with van der Waals surface area (Å²) in [6, 6.07) is 12.9. The molecule has 0 bridgehead atoms. The van der Waals surface area contributed by atoms with E-state index in [0.717, 1.165) is 36.1 Å². The lowest BCUT2D eigenvalue weighted by molar-refractivity contribution is -0.113. The van der Waals surface area contributed by atoms with Crippen LogP contribution in [0.2, 0.25) is 0 Å². The first kappa shape index (κ1) is 23.6. The molecule has 0 aromatic heterocycles. The number of thiocarbonyl (C=S) groups is 1. The second kappa shape index (κ2) is 11.0. The van der Waals surface area contributed by atoms with Gasteiger partial charge in [0.25, 0.3) is 5.91 Å². The van der Waals surface area contributed by atoms with Gasteiger partial charge in [0.1, 0.15) is 0 Å². The smallest absolute Gasteiger partial charge is 0.255 e. The van der Waals surface area contributed by atoms with E-state index in [2.05, 4.69) is 22.9 Å². The number of unbranched alkanes of at least 4 members (excludes halogenated alkanes) is 2. The summed E-state index contributed by atoms with van der Waals surface area (Å²) in [4.78, 5) is 13.4. The summed E-state index contributed by atoms with van der Waals surface area (Å²) in [5.74, 6) is 1.04. The molecule has 0 unspecified atom stereocenters. The van der Waals surface area contributed by atoms with E-state index >= 15 is 0 Å². The van der Waals surface area contributed by atoms with Gasteiger partial charge in [0.2, 0.25) is 0 Å². The van der Waals surface area contributed by atoms with E-state index < -0.39 is 6.04 Å². The molecule has 2 aromatic rings. The minimum Gasteiger partial charge on any atom is -0.493 e. The Labute approximate surface area is 195 Å². The summed E-state index contributed by atoms with van der Waals surface area (Å²) < 4.78 is 11.7. The van der Waals surface area contributed by atoms with Crippen molar-refractivity contribution in [1.82, 2.24) is 10.6 Å². The number of aryl methyl sites for hydroxylation is 1. The number of hydrogen-bond donors (Lipinski definition) is 3. The Morgan fingerprint density at radius 3 is 2.56 bits per heavy atom. The van der Waals surface area contributed by atoms with E-state index in [1.165, 1.54) is 0 Å². The van der Waals surface area contributed by atoms with Crippen LogP contribution in [0.4, 0.5) is 5.69 Å². The highest BCUT2D eigenvalue weighted by Gasteiger charge is 2.32. The first-order valence-electron chi connectivity index (χ1n) is 10.9. The summed E-state index contributed by atoms with van der Waals surface area (Å²) in [7, 11) is 1.62. The fourth-order valence-electron chi connectivity index (χ4n) is 3.67. The standard InChI is InChI=1S/C25H31N3O3S/c1-5-6-7-15-31-23-19(9-8-10-20(23)30-4)22-21(17(3)26-25(32)28-22)24(29)27-18-13-11-16(2)12-14-18/h8-14,22H,5-7,15H2,1-4H3,(H,27,29)(H2,26,28,32)/t22-/m1/s1.